The summed E-state index contributed by atoms with van der Waals surface area (Å²) in [5.41, 5.74) is 2.82. The Morgan fingerprint density at radius 3 is 1.57 bits per heavy atom. The van der Waals surface area contributed by atoms with Gasteiger partial charge in [0.2, 0.25) is 11.8 Å². The summed E-state index contributed by atoms with van der Waals surface area (Å²) in [7, 11) is 0. The van der Waals surface area contributed by atoms with Crippen molar-refractivity contribution in [1.29, 1.82) is 0 Å². The maximum Gasteiger partial charge on any atom is 0.243 e. The number of benzene rings is 3. The van der Waals surface area contributed by atoms with Crippen molar-refractivity contribution in [2.75, 3.05) is 18.1 Å². The van der Waals surface area contributed by atoms with E-state index in [0.29, 0.717) is 18.1 Å². The van der Waals surface area contributed by atoms with Crippen LogP contribution in [0.25, 0.3) is 0 Å². The van der Waals surface area contributed by atoms with Crippen LogP contribution < -0.4 is 10.6 Å². The molecule has 2 amide bonds. The van der Waals surface area contributed by atoms with E-state index in [1.165, 1.54) is 11.8 Å². The third-order valence-electron chi connectivity index (χ3n) is 6.41. The fourth-order valence-corrected chi connectivity index (χ4v) is 6.54. The lowest BCUT2D eigenvalue weighted by molar-refractivity contribution is -0.130. The average Bonchev–Trinajstić information content (AvgIpc) is 2.95. The molecule has 0 aliphatic rings. The number of nitrogens with one attached hydrogen (secondary N) is 2. The molecule has 0 saturated carbocycles. The van der Waals surface area contributed by atoms with Gasteiger partial charge in [0.25, 0.3) is 0 Å². The largest absolute Gasteiger partial charge is 0.353 e. The third kappa shape index (κ3) is 8.24. The Morgan fingerprint density at radius 1 is 0.725 bits per heavy atom. The first-order valence-corrected chi connectivity index (χ1v) is 15.6. The predicted octanol–water partition coefficient (Wildman–Crippen LogP) is 6.27. The number of carbonyl (C=O) groups is 3. The van der Waals surface area contributed by atoms with E-state index in [1.807, 2.05) is 89.2 Å². The Hall–Kier alpha value is -3.03. The van der Waals surface area contributed by atoms with E-state index >= 15 is 0 Å². The van der Waals surface area contributed by atoms with Gasteiger partial charge in [-0.25, -0.2) is 0 Å². The molecule has 3 rings (SSSR count). The molecule has 212 valence electrons. The number of rotatable bonds is 12. The van der Waals surface area contributed by atoms with Crippen molar-refractivity contribution in [3.05, 3.63) is 108 Å². The van der Waals surface area contributed by atoms with Crippen LogP contribution in [0.5, 0.6) is 0 Å². The van der Waals surface area contributed by atoms with Crippen LogP contribution in [0.15, 0.2) is 91.0 Å². The van der Waals surface area contributed by atoms with Crippen LogP contribution in [0.3, 0.4) is 0 Å². The van der Waals surface area contributed by atoms with Crippen molar-refractivity contribution in [2.45, 2.75) is 45.4 Å². The first kappa shape index (κ1) is 31.5. The molecule has 0 radical (unpaired) electrons. The van der Waals surface area contributed by atoms with Gasteiger partial charge in [0, 0.05) is 29.4 Å². The average molecular weight is 577 g/mol. The molecular formula is C33H40N2O3S2. The van der Waals surface area contributed by atoms with Crippen molar-refractivity contribution >= 4 is 40.5 Å². The molecular weight excluding hydrogens is 537 g/mol. The monoisotopic (exact) mass is 576 g/mol. The summed E-state index contributed by atoms with van der Waals surface area (Å²) in [6, 6.07) is 30.0. The van der Waals surface area contributed by atoms with Crippen molar-refractivity contribution in [1.82, 2.24) is 10.6 Å². The van der Waals surface area contributed by atoms with Crippen LogP contribution >= 0.6 is 23.5 Å². The molecule has 7 heteroatoms. The standard InChI is InChI=1S/C33H40N2O3S2/c1-24(2)29(36)35-28(30(37)34-21-22-39-31(38)32(3,4)5)23-40-33(25-15-9-6-10-16-25,26-17-11-7-12-18-26)27-19-13-8-14-20-27/h6-20,24,28H,21-23H2,1-5H3,(H,34,37)(H,35,36)/t28-/m0/s1. The maximum absolute atomic E-state index is 13.4. The number of thioether (sulfide) groups is 2. The molecule has 3 aromatic carbocycles. The second-order valence-electron chi connectivity index (χ2n) is 11.0. The van der Waals surface area contributed by atoms with E-state index in [4.69, 9.17) is 0 Å². The molecule has 0 aliphatic carbocycles. The zero-order valence-electron chi connectivity index (χ0n) is 24.0. The third-order valence-corrected chi connectivity index (χ3v) is 9.33. The highest BCUT2D eigenvalue weighted by atomic mass is 32.2. The van der Waals surface area contributed by atoms with E-state index in [-0.39, 0.29) is 22.8 Å². The second-order valence-corrected chi connectivity index (χ2v) is 13.3. The Kier molecular flexibility index (Phi) is 11.5. The van der Waals surface area contributed by atoms with Crippen molar-refractivity contribution < 1.29 is 14.4 Å². The predicted molar refractivity (Wildman–Crippen MR) is 168 cm³/mol. The van der Waals surface area contributed by atoms with Gasteiger partial charge in [0.05, 0.1) is 4.75 Å². The van der Waals surface area contributed by atoms with E-state index in [1.54, 1.807) is 11.8 Å². The molecule has 0 bridgehead atoms. The fraction of sp³-hybridized carbons (Fsp3) is 0.364. The van der Waals surface area contributed by atoms with Crippen LogP contribution in [-0.4, -0.2) is 41.0 Å². The molecule has 40 heavy (non-hydrogen) atoms. The molecule has 0 spiro atoms. The minimum atomic E-state index is -0.751. The molecule has 0 unspecified atom stereocenters. The van der Waals surface area contributed by atoms with Crippen molar-refractivity contribution in [3.63, 3.8) is 0 Å². The summed E-state index contributed by atoms with van der Waals surface area (Å²) >= 11 is 2.85. The Bertz CT molecular complexity index is 1150. The first-order chi connectivity index (χ1) is 19.1. The lowest BCUT2D eigenvalue weighted by atomic mass is 9.84. The topological polar surface area (TPSA) is 75.3 Å². The summed E-state index contributed by atoms with van der Waals surface area (Å²) in [5, 5.41) is 6.00. The first-order valence-electron chi connectivity index (χ1n) is 13.6. The Labute approximate surface area is 247 Å². The van der Waals surface area contributed by atoms with E-state index in [2.05, 4.69) is 47.0 Å². The lowest BCUT2D eigenvalue weighted by Crippen LogP contribution is -2.50. The van der Waals surface area contributed by atoms with Gasteiger partial charge in [-0.05, 0) is 16.7 Å². The van der Waals surface area contributed by atoms with Gasteiger partial charge in [0.1, 0.15) is 6.04 Å². The van der Waals surface area contributed by atoms with Crippen molar-refractivity contribution in [3.8, 4) is 0 Å². The van der Waals surface area contributed by atoms with Crippen molar-refractivity contribution in [2.24, 2.45) is 11.3 Å². The number of carbonyl (C=O) groups excluding carboxylic acids is 3. The minimum absolute atomic E-state index is 0.0836. The molecule has 0 heterocycles. The molecule has 0 fully saturated rings. The van der Waals surface area contributed by atoms with Crippen LogP contribution in [0, 0.1) is 11.3 Å². The maximum atomic E-state index is 13.4. The molecule has 3 aromatic rings. The number of amides is 2. The van der Waals surface area contributed by atoms with Gasteiger partial charge in [-0.2, -0.15) is 0 Å². The number of hydrogen-bond acceptors (Lipinski definition) is 5. The Morgan fingerprint density at radius 2 is 1.18 bits per heavy atom. The fourth-order valence-electron chi connectivity index (χ4n) is 4.16. The molecule has 0 aliphatic heterocycles. The highest BCUT2D eigenvalue weighted by Gasteiger charge is 2.38. The van der Waals surface area contributed by atoms with E-state index in [9.17, 15) is 14.4 Å². The Balaban J connectivity index is 1.91. The van der Waals surface area contributed by atoms with E-state index in [0.717, 1.165) is 16.7 Å². The lowest BCUT2D eigenvalue weighted by Gasteiger charge is -2.36. The van der Waals surface area contributed by atoms with Crippen LogP contribution in [0.2, 0.25) is 0 Å². The van der Waals surface area contributed by atoms with Crippen LogP contribution in [0.4, 0.5) is 0 Å². The zero-order chi connectivity index (χ0) is 29.2. The minimum Gasteiger partial charge on any atom is -0.353 e. The zero-order valence-corrected chi connectivity index (χ0v) is 25.6. The highest BCUT2D eigenvalue weighted by Crippen LogP contribution is 2.48. The molecule has 5 nitrogen and oxygen atoms in total. The molecule has 0 aromatic heterocycles. The van der Waals surface area contributed by atoms with Gasteiger partial charge in [0.15, 0.2) is 5.12 Å². The second kappa shape index (κ2) is 14.6. The van der Waals surface area contributed by atoms with Crippen LogP contribution in [0.1, 0.15) is 51.3 Å². The highest BCUT2D eigenvalue weighted by molar-refractivity contribution is 8.13. The summed E-state index contributed by atoms with van der Waals surface area (Å²) < 4.78 is -0.611. The summed E-state index contributed by atoms with van der Waals surface area (Å²) in [6.45, 7) is 9.62. The smallest absolute Gasteiger partial charge is 0.243 e. The van der Waals surface area contributed by atoms with Gasteiger partial charge in [-0.3, -0.25) is 14.4 Å². The van der Waals surface area contributed by atoms with E-state index < -0.39 is 16.2 Å². The molecule has 1 atom stereocenters. The molecule has 0 saturated heterocycles. The summed E-state index contributed by atoms with van der Waals surface area (Å²) in [5.74, 6) is 0.123. The van der Waals surface area contributed by atoms with Gasteiger partial charge in [-0.15, -0.1) is 11.8 Å². The van der Waals surface area contributed by atoms with Gasteiger partial charge >= 0.3 is 0 Å². The summed E-state index contributed by atoms with van der Waals surface area (Å²) in [6.07, 6.45) is 0. The normalized spacial score (nSPS) is 12.6. The SMILES string of the molecule is CC(C)C(=O)N[C@@H](CSC(c1ccccc1)(c1ccccc1)c1ccccc1)C(=O)NCCSC(=O)C(C)(C)C. The van der Waals surface area contributed by atoms with Crippen LogP contribution in [-0.2, 0) is 19.1 Å². The quantitative estimate of drug-likeness (QED) is 0.196. The molecule has 2 N–H and O–H groups in total. The van der Waals surface area contributed by atoms with Gasteiger partial charge in [-0.1, -0.05) is 137 Å². The number of hydrogen-bond donors (Lipinski definition) is 2. The summed E-state index contributed by atoms with van der Waals surface area (Å²) in [4.78, 5) is 38.5. The van der Waals surface area contributed by atoms with Gasteiger partial charge < -0.3 is 10.6 Å².